The summed E-state index contributed by atoms with van der Waals surface area (Å²) in [5.41, 5.74) is 1.32. The lowest BCUT2D eigenvalue weighted by molar-refractivity contribution is -0.154. The summed E-state index contributed by atoms with van der Waals surface area (Å²) in [4.78, 5) is 38.7. The number of ether oxygens (including phenoxy) is 1. The van der Waals surface area contributed by atoms with Gasteiger partial charge in [0.15, 0.2) is 12.4 Å². The molecule has 1 N–H and O–H groups in total. The van der Waals surface area contributed by atoms with Crippen molar-refractivity contribution in [2.75, 3.05) is 11.9 Å². The van der Waals surface area contributed by atoms with Crippen LogP contribution in [0.1, 0.15) is 29.6 Å². The molecule has 0 heterocycles. The van der Waals surface area contributed by atoms with Crippen molar-refractivity contribution in [1.82, 2.24) is 0 Å². The molecule has 1 amide bonds. The Balaban J connectivity index is 1.26. The van der Waals surface area contributed by atoms with Gasteiger partial charge in [-0.2, -0.15) is 0 Å². The van der Waals surface area contributed by atoms with Crippen molar-refractivity contribution in [1.29, 1.82) is 0 Å². The van der Waals surface area contributed by atoms with Crippen molar-refractivity contribution in [3.63, 3.8) is 0 Å². The second-order valence-electron chi connectivity index (χ2n) is 8.80. The zero-order chi connectivity index (χ0) is 22.1. The molecule has 5 nitrogen and oxygen atoms in total. The molecule has 2 bridgehead atoms. The molecule has 4 atom stereocenters. The molecule has 5 rings (SSSR count). The standard InChI is InChI=1S/C27H25NO4/c29-23(28-22-12-6-10-17-7-4-5-11-21(17)22)16-32-27(31)25-20-14-13-19(15-20)24(25)26(30)18-8-2-1-3-9-18/h1-12,19-20,24-25H,13-16H2,(H,28,29)/t19-,20-,24-,25+/m0/s1. The number of fused-ring (bicyclic) bond motifs is 3. The molecule has 0 aromatic heterocycles. The van der Waals surface area contributed by atoms with Crippen LogP contribution in [0.4, 0.5) is 5.69 Å². The van der Waals surface area contributed by atoms with Crippen LogP contribution in [0.5, 0.6) is 0 Å². The Hall–Kier alpha value is -3.47. The van der Waals surface area contributed by atoms with Gasteiger partial charge in [0.05, 0.1) is 5.92 Å². The lowest BCUT2D eigenvalue weighted by Crippen LogP contribution is -2.37. The summed E-state index contributed by atoms with van der Waals surface area (Å²) in [5.74, 6) is -1.25. The van der Waals surface area contributed by atoms with E-state index in [1.807, 2.05) is 60.7 Å². The summed E-state index contributed by atoms with van der Waals surface area (Å²) in [6.07, 6.45) is 2.79. The predicted octanol–water partition coefficient (Wildman–Crippen LogP) is 4.87. The predicted molar refractivity (Wildman–Crippen MR) is 122 cm³/mol. The van der Waals surface area contributed by atoms with Crippen LogP contribution in [-0.4, -0.2) is 24.3 Å². The smallest absolute Gasteiger partial charge is 0.310 e. The largest absolute Gasteiger partial charge is 0.455 e. The van der Waals surface area contributed by atoms with Crippen molar-refractivity contribution < 1.29 is 19.1 Å². The van der Waals surface area contributed by atoms with Crippen LogP contribution in [0.25, 0.3) is 10.8 Å². The van der Waals surface area contributed by atoms with Crippen LogP contribution >= 0.6 is 0 Å². The summed E-state index contributed by atoms with van der Waals surface area (Å²) in [6.45, 7) is -0.359. The molecule has 0 aliphatic heterocycles. The normalized spacial score (nSPS) is 23.8. The quantitative estimate of drug-likeness (QED) is 0.450. The average molecular weight is 428 g/mol. The average Bonchev–Trinajstić information content (AvgIpc) is 3.45. The number of nitrogens with one attached hydrogen (secondary N) is 1. The van der Waals surface area contributed by atoms with Gasteiger partial charge >= 0.3 is 5.97 Å². The maximum atomic E-state index is 13.2. The van der Waals surface area contributed by atoms with E-state index in [0.29, 0.717) is 11.3 Å². The Labute approximate surface area is 186 Å². The van der Waals surface area contributed by atoms with Crippen LogP contribution in [0, 0.1) is 23.7 Å². The molecule has 2 saturated carbocycles. The lowest BCUT2D eigenvalue weighted by atomic mass is 9.75. The van der Waals surface area contributed by atoms with Crippen LogP contribution in [0.3, 0.4) is 0 Å². The maximum Gasteiger partial charge on any atom is 0.310 e. The van der Waals surface area contributed by atoms with Gasteiger partial charge in [0.2, 0.25) is 0 Å². The minimum absolute atomic E-state index is 0.0138. The van der Waals surface area contributed by atoms with Gasteiger partial charge < -0.3 is 10.1 Å². The maximum absolute atomic E-state index is 13.2. The fourth-order valence-corrected chi connectivity index (χ4v) is 5.56. The van der Waals surface area contributed by atoms with E-state index in [-0.39, 0.29) is 36.1 Å². The Bertz CT molecular complexity index is 1170. The highest BCUT2D eigenvalue weighted by atomic mass is 16.5. The van der Waals surface area contributed by atoms with Gasteiger partial charge in [-0.1, -0.05) is 66.7 Å². The second kappa shape index (κ2) is 8.58. The van der Waals surface area contributed by atoms with Crippen molar-refractivity contribution in [2.45, 2.75) is 19.3 Å². The molecule has 5 heteroatoms. The molecule has 3 aromatic carbocycles. The first-order valence-corrected chi connectivity index (χ1v) is 11.2. The first-order valence-electron chi connectivity index (χ1n) is 11.2. The molecular formula is C27H25NO4. The van der Waals surface area contributed by atoms with E-state index >= 15 is 0 Å². The van der Waals surface area contributed by atoms with Crippen molar-refractivity contribution in [3.05, 3.63) is 78.4 Å². The van der Waals surface area contributed by atoms with Gasteiger partial charge in [-0.3, -0.25) is 14.4 Å². The molecule has 32 heavy (non-hydrogen) atoms. The zero-order valence-electron chi connectivity index (χ0n) is 17.7. The molecule has 0 unspecified atom stereocenters. The number of carbonyl (C=O) groups is 3. The Morgan fingerprint density at radius 3 is 2.31 bits per heavy atom. The van der Waals surface area contributed by atoms with E-state index in [4.69, 9.17) is 4.74 Å². The minimum Gasteiger partial charge on any atom is -0.455 e. The van der Waals surface area contributed by atoms with Gasteiger partial charge in [0.1, 0.15) is 0 Å². The fourth-order valence-electron chi connectivity index (χ4n) is 5.56. The monoisotopic (exact) mass is 427 g/mol. The summed E-state index contributed by atoms with van der Waals surface area (Å²) < 4.78 is 5.44. The number of hydrogen-bond acceptors (Lipinski definition) is 4. The molecule has 0 radical (unpaired) electrons. The Morgan fingerprint density at radius 1 is 0.812 bits per heavy atom. The highest BCUT2D eigenvalue weighted by Crippen LogP contribution is 2.53. The number of carbonyl (C=O) groups excluding carboxylic acids is 3. The van der Waals surface area contributed by atoms with Crippen molar-refractivity contribution in [2.24, 2.45) is 23.7 Å². The fraction of sp³-hybridized carbons (Fsp3) is 0.296. The highest BCUT2D eigenvalue weighted by molar-refractivity contribution is 6.03. The Kier molecular flexibility index (Phi) is 5.48. The highest BCUT2D eigenvalue weighted by Gasteiger charge is 2.54. The topological polar surface area (TPSA) is 72.5 Å². The molecule has 2 fully saturated rings. The van der Waals surface area contributed by atoms with E-state index in [2.05, 4.69) is 5.32 Å². The van der Waals surface area contributed by atoms with E-state index in [9.17, 15) is 14.4 Å². The molecular weight excluding hydrogens is 402 g/mol. The second-order valence-corrected chi connectivity index (χ2v) is 8.80. The number of benzene rings is 3. The zero-order valence-corrected chi connectivity index (χ0v) is 17.7. The first kappa shape index (κ1) is 20.4. The molecule has 2 aliphatic carbocycles. The molecule has 0 saturated heterocycles. The van der Waals surface area contributed by atoms with E-state index in [1.54, 1.807) is 12.1 Å². The van der Waals surface area contributed by atoms with Gasteiger partial charge in [0.25, 0.3) is 5.91 Å². The number of amides is 1. The molecule has 0 spiro atoms. The summed E-state index contributed by atoms with van der Waals surface area (Å²) in [5, 5.41) is 4.79. The van der Waals surface area contributed by atoms with E-state index < -0.39 is 11.9 Å². The third-order valence-corrected chi connectivity index (χ3v) is 6.96. The van der Waals surface area contributed by atoms with Gasteiger partial charge in [0, 0.05) is 22.6 Å². The number of hydrogen-bond donors (Lipinski definition) is 1. The number of ketones is 1. The van der Waals surface area contributed by atoms with Crippen LogP contribution < -0.4 is 5.32 Å². The first-order chi connectivity index (χ1) is 15.6. The number of rotatable bonds is 6. The van der Waals surface area contributed by atoms with Gasteiger partial charge in [-0.15, -0.1) is 0 Å². The van der Waals surface area contributed by atoms with Crippen LogP contribution in [0.2, 0.25) is 0 Å². The summed E-state index contributed by atoms with van der Waals surface area (Å²) in [6, 6.07) is 22.6. The molecule has 3 aromatic rings. The number of Topliss-reactive ketones (excluding diaryl/α,β-unsaturated/α-hetero) is 1. The number of anilines is 1. The SMILES string of the molecule is O=C(COC(=O)[C@@H]1[C@H]2CC[C@@H](C2)[C@@H]1C(=O)c1ccccc1)Nc1cccc2ccccc12. The van der Waals surface area contributed by atoms with E-state index in [1.165, 1.54) is 0 Å². The third-order valence-electron chi connectivity index (χ3n) is 6.96. The molecule has 2 aliphatic rings. The van der Waals surface area contributed by atoms with Crippen molar-refractivity contribution >= 4 is 34.1 Å². The Morgan fingerprint density at radius 2 is 1.50 bits per heavy atom. The number of esters is 1. The van der Waals surface area contributed by atoms with Gasteiger partial charge in [-0.25, -0.2) is 0 Å². The molecule has 162 valence electrons. The van der Waals surface area contributed by atoms with Gasteiger partial charge in [-0.05, 0) is 42.6 Å². The lowest BCUT2D eigenvalue weighted by Gasteiger charge is -2.28. The summed E-state index contributed by atoms with van der Waals surface area (Å²) in [7, 11) is 0. The summed E-state index contributed by atoms with van der Waals surface area (Å²) >= 11 is 0. The third kappa shape index (κ3) is 3.79. The van der Waals surface area contributed by atoms with Crippen molar-refractivity contribution in [3.8, 4) is 0 Å². The minimum atomic E-state index is -0.466. The van der Waals surface area contributed by atoms with Crippen LogP contribution in [-0.2, 0) is 14.3 Å². The van der Waals surface area contributed by atoms with E-state index in [0.717, 1.165) is 30.0 Å². The van der Waals surface area contributed by atoms with Crippen LogP contribution in [0.15, 0.2) is 72.8 Å².